The summed E-state index contributed by atoms with van der Waals surface area (Å²) in [7, 11) is 0. The van der Waals surface area contributed by atoms with Crippen molar-refractivity contribution in [3.8, 4) is 0 Å². The number of carbonyl (C=O) groups is 20. The van der Waals surface area contributed by atoms with Gasteiger partial charge in [0.05, 0.1) is 13.0 Å². The van der Waals surface area contributed by atoms with Crippen molar-refractivity contribution in [2.45, 2.75) is 138 Å². The quantitative estimate of drug-likeness (QED) is 0.185. The Kier molecular flexibility index (Phi) is 210. The number of rotatable bonds is 2. The molecular weight excluding hydrogens is 1150 g/mol. The zero-order valence-electron chi connectivity index (χ0n) is 48.0. The van der Waals surface area contributed by atoms with Crippen molar-refractivity contribution in [3.63, 3.8) is 0 Å². The molecule has 0 saturated carbocycles. The van der Waals surface area contributed by atoms with E-state index in [0.29, 0.717) is 0 Å². The summed E-state index contributed by atoms with van der Waals surface area (Å²) in [5, 5.41) is 157. The van der Waals surface area contributed by atoms with Crippen molar-refractivity contribution >= 4 is 119 Å². The number of aliphatic hydroxyl groups is 1. The highest BCUT2D eigenvalue weighted by Gasteiger charge is 1.88. The van der Waals surface area contributed by atoms with E-state index in [1.54, 1.807) is 0 Å². The minimum atomic E-state index is -0.961. The summed E-state index contributed by atoms with van der Waals surface area (Å²) in [5.74, 6) is -16.8. The lowest BCUT2D eigenvalue weighted by molar-refractivity contribution is -0.138. The third-order valence-electron chi connectivity index (χ3n) is 0.326. The zero-order valence-corrected chi connectivity index (χ0v) is 48.0. The maximum atomic E-state index is 9.44. The summed E-state index contributed by atoms with van der Waals surface area (Å²) in [4.78, 5) is 180. The molecule has 82 heavy (non-hydrogen) atoms. The van der Waals surface area contributed by atoms with Crippen LogP contribution in [0.3, 0.4) is 0 Å². The van der Waals surface area contributed by atoms with Gasteiger partial charge in [0.2, 0.25) is 0 Å². The smallest absolute Gasteiger partial charge is 0.305 e. The van der Waals surface area contributed by atoms with Gasteiger partial charge in [-0.3, -0.25) is 95.9 Å². The molecule has 41 heteroatoms. The van der Waals surface area contributed by atoms with Crippen LogP contribution in [0.2, 0.25) is 0 Å². The first-order valence-electron chi connectivity index (χ1n) is 19.2. The molecule has 0 amide bonds. The Hall–Kier alpha value is -10.6. The Labute approximate surface area is 466 Å². The van der Waals surface area contributed by atoms with Crippen molar-refractivity contribution in [3.05, 3.63) is 0 Å². The number of aliphatic hydroxyl groups excluding tert-OH is 1. The van der Waals surface area contributed by atoms with Crippen LogP contribution in [0.5, 0.6) is 0 Å². The molecule has 0 saturated heterocycles. The van der Waals surface area contributed by atoms with Gasteiger partial charge in [0.25, 0.3) is 113 Å². The molecule has 0 aromatic heterocycles. The summed E-state index contributed by atoms with van der Waals surface area (Å²) in [5.41, 5.74) is 0. The molecule has 0 aromatic carbocycles. The predicted octanol–water partition coefficient (Wildman–Crippen LogP) is 1.18. The second-order valence-electron chi connectivity index (χ2n) is 10.7. The maximum absolute atomic E-state index is 9.44. The molecular formula is C41H82O41. The maximum Gasteiger partial charge on any atom is 0.305 e. The Morgan fingerprint density at radius 1 is 0.159 bits per heavy atom. The summed E-state index contributed by atoms with van der Waals surface area (Å²) >= 11 is 0. The van der Waals surface area contributed by atoms with Crippen LogP contribution in [-0.2, 0) is 95.9 Å². The van der Waals surface area contributed by atoms with E-state index in [1.165, 1.54) is 0 Å². The second kappa shape index (κ2) is 128. The van der Waals surface area contributed by atoms with Crippen LogP contribution in [0.4, 0.5) is 0 Å². The molecule has 41 nitrogen and oxygen atoms in total. The summed E-state index contributed by atoms with van der Waals surface area (Å²) < 4.78 is 0. The second-order valence-corrected chi connectivity index (χ2v) is 10.7. The van der Waals surface area contributed by atoms with E-state index in [0.717, 1.165) is 132 Å². The average Bonchev–Trinajstić information content (AvgIpc) is 3.03. The van der Waals surface area contributed by atoms with Gasteiger partial charge in [-0.15, -0.1) is 0 Å². The average molecular weight is 1230 g/mol. The molecule has 492 valence electrons. The Bertz CT molecular complexity index is 1130. The van der Waals surface area contributed by atoms with Crippen molar-refractivity contribution in [2.75, 3.05) is 6.61 Å². The van der Waals surface area contributed by atoms with Gasteiger partial charge >= 0.3 is 5.97 Å². The van der Waals surface area contributed by atoms with Crippen LogP contribution in [0.15, 0.2) is 0 Å². The van der Waals surface area contributed by atoms with E-state index < -0.39 is 119 Å². The van der Waals surface area contributed by atoms with Gasteiger partial charge in [0.1, 0.15) is 0 Å². The summed E-state index contributed by atoms with van der Waals surface area (Å²) in [6.45, 7) is 20.3. The highest BCUT2D eigenvalue weighted by molar-refractivity contribution is 5.68. The van der Waals surface area contributed by atoms with E-state index in [9.17, 15) is 4.79 Å². The van der Waals surface area contributed by atoms with E-state index >= 15 is 0 Å². The monoisotopic (exact) mass is 1230 g/mol. The number of hydrogen-bond acceptors (Lipinski definition) is 21. The molecule has 0 aliphatic carbocycles. The predicted molar refractivity (Wildman–Crippen MR) is 272 cm³/mol. The van der Waals surface area contributed by atoms with E-state index in [-0.39, 0.29) is 13.0 Å². The van der Waals surface area contributed by atoms with Gasteiger partial charge in [-0.25, -0.2) is 0 Å². The minimum Gasteiger partial charge on any atom is -0.481 e. The first-order valence-corrected chi connectivity index (χ1v) is 19.2. The van der Waals surface area contributed by atoms with Gasteiger partial charge in [-0.05, 0) is 0 Å². The van der Waals surface area contributed by atoms with Crippen molar-refractivity contribution < 1.29 is 203 Å². The molecule has 0 unspecified atom stereocenters. The zero-order chi connectivity index (χ0) is 73.0. The fraction of sp³-hybridized carbons (Fsp3) is 0.512. The number of hydrogen-bond donors (Lipinski definition) is 21. The lowest BCUT2D eigenvalue weighted by Crippen LogP contribution is -1.96. The molecule has 0 spiro atoms. The van der Waals surface area contributed by atoms with Gasteiger partial charge in [0, 0.05) is 132 Å². The lowest BCUT2D eigenvalue weighted by atomic mass is 10.5. The van der Waals surface area contributed by atoms with Crippen LogP contribution in [0.1, 0.15) is 138 Å². The molecule has 0 radical (unpaired) electrons. The highest BCUT2D eigenvalue weighted by atomic mass is 16.4. The van der Waals surface area contributed by atoms with Crippen LogP contribution in [-0.4, -0.2) is 233 Å². The van der Waals surface area contributed by atoms with Crippen LogP contribution in [0, 0.1) is 0 Å². The van der Waals surface area contributed by atoms with Gasteiger partial charge in [-0.2, -0.15) is 0 Å². The van der Waals surface area contributed by atoms with Crippen LogP contribution < -0.4 is 0 Å². The Morgan fingerprint density at radius 3 is 0.195 bits per heavy atom. The van der Waals surface area contributed by atoms with E-state index in [4.69, 9.17) is 198 Å². The van der Waals surface area contributed by atoms with Crippen LogP contribution >= 0.6 is 0 Å². The number of aliphatic carboxylic acids is 20. The fourth-order valence-corrected chi connectivity index (χ4v) is 0.0956. The lowest BCUT2D eigenvalue weighted by Gasteiger charge is -1.79. The third-order valence-corrected chi connectivity index (χ3v) is 0.326. The third kappa shape index (κ3) is 5550. The number of carboxylic acid groups (broad SMARTS) is 20. The normalized spacial score (nSPS) is 6.39. The molecule has 0 fully saturated rings. The van der Waals surface area contributed by atoms with Crippen LogP contribution in [0.25, 0.3) is 0 Å². The van der Waals surface area contributed by atoms with E-state index in [2.05, 4.69) is 0 Å². The molecule has 0 aliphatic rings. The van der Waals surface area contributed by atoms with E-state index in [1.807, 2.05) is 0 Å². The molecule has 0 aliphatic heterocycles. The van der Waals surface area contributed by atoms with Crippen molar-refractivity contribution in [2.24, 2.45) is 0 Å². The molecule has 0 atom stereocenters. The van der Waals surface area contributed by atoms with Crippen molar-refractivity contribution in [1.82, 2.24) is 0 Å². The fourth-order valence-electron chi connectivity index (χ4n) is 0.0956. The minimum absolute atomic E-state index is 0.153. The van der Waals surface area contributed by atoms with Crippen molar-refractivity contribution in [1.29, 1.82) is 0 Å². The first-order chi connectivity index (χ1) is 35.7. The first kappa shape index (κ1) is 134. The molecule has 0 heterocycles. The Balaban J connectivity index is -0.0000000274. The van der Waals surface area contributed by atoms with Gasteiger partial charge < -0.3 is 107 Å². The SMILES string of the molecule is CC(=O)O.CC(=O)O.CC(=O)O.CC(=O)O.CC(=O)O.CC(=O)O.CC(=O)O.CC(=O)O.CC(=O)O.CC(=O)O.CC(=O)O.CC(=O)O.CC(=O)O.CC(=O)O.CC(=O)O.CC(=O)O.CC(=O)O.CC(=O)O.CC(=O)O.O=C(O)CCO. The standard InChI is InChI=1S/C3H6O3.19C2H4O2/c4-2-1-3(5)6;19*1-2(3)4/h4H,1-2H2,(H,5,6);19*1H3,(H,3,4). The molecule has 0 rings (SSSR count). The Morgan fingerprint density at radius 2 is 0.195 bits per heavy atom. The molecule has 21 N–H and O–H groups in total. The summed E-state index contributed by atoms with van der Waals surface area (Å²) in [6, 6.07) is 0. The topological polar surface area (TPSA) is 766 Å². The molecule has 0 aromatic rings. The highest BCUT2D eigenvalue weighted by Crippen LogP contribution is 1.70. The van der Waals surface area contributed by atoms with Gasteiger partial charge in [0.15, 0.2) is 0 Å². The summed E-state index contributed by atoms with van der Waals surface area (Å²) in [6.07, 6.45) is -0.153. The van der Waals surface area contributed by atoms with Gasteiger partial charge in [-0.1, -0.05) is 0 Å². The molecule has 0 bridgehead atoms. The largest absolute Gasteiger partial charge is 0.481 e. The number of carboxylic acids is 20.